The van der Waals surface area contributed by atoms with Crippen molar-refractivity contribution in [3.8, 4) is 5.75 Å². The summed E-state index contributed by atoms with van der Waals surface area (Å²) in [4.78, 5) is 12.0. The fourth-order valence-corrected chi connectivity index (χ4v) is 2.10. The Morgan fingerprint density at radius 1 is 1.20 bits per heavy atom. The fourth-order valence-electron chi connectivity index (χ4n) is 1.47. The van der Waals surface area contributed by atoms with Gasteiger partial charge in [0.2, 0.25) is 0 Å². The summed E-state index contributed by atoms with van der Waals surface area (Å²) in [6.07, 6.45) is 0.517. The zero-order valence-corrected chi connectivity index (χ0v) is 13.0. The molecule has 0 radical (unpaired) electrons. The quantitative estimate of drug-likeness (QED) is 0.866. The average molecular weight is 299 g/mol. The predicted octanol–water partition coefficient (Wildman–Crippen LogP) is 1.63. The molecule has 0 aromatic heterocycles. The minimum atomic E-state index is -3.22. The van der Waals surface area contributed by atoms with Crippen LogP contribution in [0, 0.1) is 5.92 Å². The zero-order valence-electron chi connectivity index (χ0n) is 12.2. The van der Waals surface area contributed by atoms with Gasteiger partial charge in [-0.05, 0) is 37.1 Å². The standard InChI is InChI=1S/C14H21NO4S/c1-10(2)9-15-14(16)11(3)19-12-5-7-13(8-6-12)20(4,17)18/h5-8,10-11H,9H2,1-4H3,(H,15,16). The summed E-state index contributed by atoms with van der Waals surface area (Å²) in [6, 6.07) is 6.01. The molecule has 1 N–H and O–H groups in total. The van der Waals surface area contributed by atoms with E-state index in [1.807, 2.05) is 13.8 Å². The van der Waals surface area contributed by atoms with Crippen LogP contribution in [0.4, 0.5) is 0 Å². The highest BCUT2D eigenvalue weighted by atomic mass is 32.2. The second kappa shape index (κ2) is 6.74. The number of benzene rings is 1. The van der Waals surface area contributed by atoms with Gasteiger partial charge in [-0.25, -0.2) is 8.42 Å². The van der Waals surface area contributed by atoms with Gasteiger partial charge in [0.15, 0.2) is 15.9 Å². The molecule has 1 atom stereocenters. The Bertz CT molecular complexity index is 549. The Balaban J connectivity index is 2.62. The molecule has 5 nitrogen and oxygen atoms in total. The van der Waals surface area contributed by atoms with Crippen molar-refractivity contribution in [2.24, 2.45) is 5.92 Å². The monoisotopic (exact) mass is 299 g/mol. The minimum Gasteiger partial charge on any atom is -0.481 e. The summed E-state index contributed by atoms with van der Waals surface area (Å²) in [5.41, 5.74) is 0. The molecule has 0 heterocycles. The molecule has 1 aromatic rings. The maximum atomic E-state index is 11.7. The number of rotatable bonds is 6. The number of amides is 1. The zero-order chi connectivity index (χ0) is 15.3. The van der Waals surface area contributed by atoms with Crippen LogP contribution in [0.1, 0.15) is 20.8 Å². The highest BCUT2D eigenvalue weighted by Crippen LogP contribution is 2.17. The summed E-state index contributed by atoms with van der Waals surface area (Å²) in [5, 5.41) is 2.78. The number of carbonyl (C=O) groups excluding carboxylic acids is 1. The molecule has 0 fully saturated rings. The molecule has 0 saturated heterocycles. The molecule has 20 heavy (non-hydrogen) atoms. The summed E-state index contributed by atoms with van der Waals surface area (Å²) < 4.78 is 28.1. The topological polar surface area (TPSA) is 72.5 Å². The van der Waals surface area contributed by atoms with E-state index >= 15 is 0 Å². The Labute approximate surface area is 120 Å². The van der Waals surface area contributed by atoms with Crippen molar-refractivity contribution in [3.05, 3.63) is 24.3 Å². The molecule has 0 aliphatic rings. The first-order valence-corrected chi connectivity index (χ1v) is 8.33. The van der Waals surface area contributed by atoms with E-state index in [2.05, 4.69) is 5.32 Å². The van der Waals surface area contributed by atoms with E-state index in [0.717, 1.165) is 6.26 Å². The fraction of sp³-hybridized carbons (Fsp3) is 0.500. The number of nitrogens with one attached hydrogen (secondary N) is 1. The smallest absolute Gasteiger partial charge is 0.260 e. The lowest BCUT2D eigenvalue weighted by Crippen LogP contribution is -2.38. The summed E-state index contributed by atoms with van der Waals surface area (Å²) in [6.45, 7) is 6.27. The number of hydrogen-bond donors (Lipinski definition) is 1. The van der Waals surface area contributed by atoms with Gasteiger partial charge in [-0.2, -0.15) is 0 Å². The van der Waals surface area contributed by atoms with Crippen LogP contribution in [0.2, 0.25) is 0 Å². The molecule has 0 saturated carbocycles. The van der Waals surface area contributed by atoms with Crippen molar-refractivity contribution in [1.82, 2.24) is 5.32 Å². The SMILES string of the molecule is CC(C)CNC(=O)C(C)Oc1ccc(S(C)(=O)=O)cc1. The molecule has 112 valence electrons. The van der Waals surface area contributed by atoms with Crippen LogP contribution >= 0.6 is 0 Å². The van der Waals surface area contributed by atoms with Crippen molar-refractivity contribution in [2.75, 3.05) is 12.8 Å². The molecular formula is C14H21NO4S. The third-order valence-corrected chi connectivity index (χ3v) is 3.75. The Hall–Kier alpha value is -1.56. The lowest BCUT2D eigenvalue weighted by molar-refractivity contribution is -0.127. The van der Waals surface area contributed by atoms with Gasteiger partial charge < -0.3 is 10.1 Å². The molecule has 0 aliphatic carbocycles. The normalized spacial score (nSPS) is 13.1. The van der Waals surface area contributed by atoms with Gasteiger partial charge in [0.05, 0.1) is 4.90 Å². The van der Waals surface area contributed by atoms with Crippen molar-refractivity contribution in [2.45, 2.75) is 31.8 Å². The summed E-state index contributed by atoms with van der Waals surface area (Å²) in [5.74, 6) is 0.649. The van der Waals surface area contributed by atoms with Crippen molar-refractivity contribution < 1.29 is 17.9 Å². The van der Waals surface area contributed by atoms with Crippen molar-refractivity contribution >= 4 is 15.7 Å². The highest BCUT2D eigenvalue weighted by molar-refractivity contribution is 7.90. The first-order valence-electron chi connectivity index (χ1n) is 6.44. The maximum Gasteiger partial charge on any atom is 0.260 e. The van der Waals surface area contributed by atoms with E-state index in [0.29, 0.717) is 18.2 Å². The number of ether oxygens (including phenoxy) is 1. The first-order chi connectivity index (χ1) is 9.20. The second-order valence-corrected chi connectivity index (χ2v) is 7.16. The van der Waals surface area contributed by atoms with Gasteiger partial charge >= 0.3 is 0 Å². The van der Waals surface area contributed by atoms with Gasteiger partial charge in [-0.1, -0.05) is 13.8 Å². The molecule has 1 unspecified atom stereocenters. The van der Waals surface area contributed by atoms with Crippen LogP contribution in [0.3, 0.4) is 0 Å². The lowest BCUT2D eigenvalue weighted by atomic mass is 10.2. The third kappa shape index (κ3) is 5.21. The Morgan fingerprint density at radius 2 is 1.75 bits per heavy atom. The number of hydrogen-bond acceptors (Lipinski definition) is 4. The van der Waals surface area contributed by atoms with Crippen LogP contribution in [0.15, 0.2) is 29.2 Å². The lowest BCUT2D eigenvalue weighted by Gasteiger charge is -2.15. The van der Waals surface area contributed by atoms with Gasteiger partial charge in [-0.15, -0.1) is 0 Å². The minimum absolute atomic E-state index is 0.189. The van der Waals surface area contributed by atoms with E-state index in [1.165, 1.54) is 12.1 Å². The van der Waals surface area contributed by atoms with E-state index < -0.39 is 15.9 Å². The van der Waals surface area contributed by atoms with Crippen LogP contribution in [-0.4, -0.2) is 33.2 Å². The second-order valence-electron chi connectivity index (χ2n) is 5.14. The number of sulfone groups is 1. The molecule has 0 aliphatic heterocycles. The van der Waals surface area contributed by atoms with E-state index in [4.69, 9.17) is 4.74 Å². The number of carbonyl (C=O) groups is 1. The van der Waals surface area contributed by atoms with E-state index in [-0.39, 0.29) is 10.8 Å². The largest absolute Gasteiger partial charge is 0.481 e. The molecular weight excluding hydrogens is 278 g/mol. The van der Waals surface area contributed by atoms with Crippen LogP contribution in [-0.2, 0) is 14.6 Å². The summed E-state index contributed by atoms with van der Waals surface area (Å²) >= 11 is 0. The first kappa shape index (κ1) is 16.5. The predicted molar refractivity (Wildman–Crippen MR) is 77.5 cm³/mol. The van der Waals surface area contributed by atoms with Crippen molar-refractivity contribution in [1.29, 1.82) is 0 Å². The molecule has 6 heteroatoms. The van der Waals surface area contributed by atoms with Crippen LogP contribution < -0.4 is 10.1 Å². The van der Waals surface area contributed by atoms with E-state index in [9.17, 15) is 13.2 Å². The Morgan fingerprint density at radius 3 is 2.20 bits per heavy atom. The maximum absolute atomic E-state index is 11.7. The van der Waals surface area contributed by atoms with Gasteiger partial charge in [-0.3, -0.25) is 4.79 Å². The van der Waals surface area contributed by atoms with Gasteiger partial charge in [0.25, 0.3) is 5.91 Å². The molecule has 0 spiro atoms. The summed E-state index contributed by atoms with van der Waals surface area (Å²) in [7, 11) is -3.22. The van der Waals surface area contributed by atoms with Gasteiger partial charge in [0.1, 0.15) is 5.75 Å². The Kier molecular flexibility index (Phi) is 5.56. The van der Waals surface area contributed by atoms with Gasteiger partial charge in [0, 0.05) is 12.8 Å². The third-order valence-electron chi connectivity index (χ3n) is 2.62. The molecule has 1 rings (SSSR count). The average Bonchev–Trinajstić information content (AvgIpc) is 2.35. The molecule has 1 amide bonds. The van der Waals surface area contributed by atoms with E-state index in [1.54, 1.807) is 19.1 Å². The molecule has 1 aromatic carbocycles. The van der Waals surface area contributed by atoms with Crippen LogP contribution in [0.25, 0.3) is 0 Å². The highest BCUT2D eigenvalue weighted by Gasteiger charge is 2.15. The van der Waals surface area contributed by atoms with Crippen molar-refractivity contribution in [3.63, 3.8) is 0 Å². The van der Waals surface area contributed by atoms with Crippen LogP contribution in [0.5, 0.6) is 5.75 Å². The molecule has 0 bridgehead atoms.